The normalized spacial score (nSPS) is 25.7. The molecular formula is C17H26N4OS. The molecule has 0 aromatic carbocycles. The molecule has 2 saturated heterocycles. The molecule has 6 heteroatoms. The number of piperidine rings is 1. The van der Waals surface area contributed by atoms with E-state index in [0.717, 1.165) is 62.7 Å². The highest BCUT2D eigenvalue weighted by Gasteiger charge is 2.57. The van der Waals surface area contributed by atoms with Crippen molar-refractivity contribution in [2.75, 3.05) is 37.6 Å². The van der Waals surface area contributed by atoms with E-state index in [4.69, 9.17) is 4.98 Å². The van der Waals surface area contributed by atoms with Gasteiger partial charge in [0.25, 0.3) is 0 Å². The number of carbonyl (C=O) groups is 1. The second-order valence-electron chi connectivity index (χ2n) is 7.23. The van der Waals surface area contributed by atoms with Gasteiger partial charge in [-0.1, -0.05) is 0 Å². The minimum Gasteiger partial charge on any atom is -0.355 e. The molecule has 4 rings (SSSR count). The van der Waals surface area contributed by atoms with Crippen LogP contribution in [0.4, 0.5) is 5.13 Å². The van der Waals surface area contributed by atoms with Gasteiger partial charge in [0.05, 0.1) is 5.69 Å². The van der Waals surface area contributed by atoms with Crippen LogP contribution >= 0.6 is 11.3 Å². The van der Waals surface area contributed by atoms with E-state index < -0.39 is 0 Å². The van der Waals surface area contributed by atoms with Crippen LogP contribution in [0, 0.1) is 11.3 Å². The van der Waals surface area contributed by atoms with Crippen molar-refractivity contribution in [3.63, 3.8) is 0 Å². The van der Waals surface area contributed by atoms with Crippen LogP contribution in [0.3, 0.4) is 0 Å². The molecule has 1 aromatic heterocycles. The third-order valence-electron chi connectivity index (χ3n) is 5.70. The SMILES string of the molecule is O=C(NCCc1csc(N2CCCC2)n1)C1CC12CCNCC2. The van der Waals surface area contributed by atoms with Crippen molar-refractivity contribution in [1.82, 2.24) is 15.6 Å². The summed E-state index contributed by atoms with van der Waals surface area (Å²) >= 11 is 1.74. The van der Waals surface area contributed by atoms with Crippen LogP contribution in [0.25, 0.3) is 0 Å². The molecule has 126 valence electrons. The van der Waals surface area contributed by atoms with Gasteiger partial charge in [-0.15, -0.1) is 11.3 Å². The summed E-state index contributed by atoms with van der Waals surface area (Å²) in [5, 5.41) is 9.82. The maximum Gasteiger partial charge on any atom is 0.223 e. The highest BCUT2D eigenvalue weighted by Crippen LogP contribution is 2.58. The van der Waals surface area contributed by atoms with Gasteiger partial charge in [0.15, 0.2) is 5.13 Å². The van der Waals surface area contributed by atoms with Crippen molar-refractivity contribution < 1.29 is 4.79 Å². The summed E-state index contributed by atoms with van der Waals surface area (Å²) in [6.45, 7) is 5.14. The lowest BCUT2D eigenvalue weighted by atomic mass is 9.92. The Morgan fingerprint density at radius 1 is 1.39 bits per heavy atom. The zero-order valence-corrected chi connectivity index (χ0v) is 14.5. The van der Waals surface area contributed by atoms with Gasteiger partial charge in [0.2, 0.25) is 5.91 Å². The van der Waals surface area contributed by atoms with Crippen molar-refractivity contribution in [2.24, 2.45) is 11.3 Å². The molecular weight excluding hydrogens is 308 g/mol. The van der Waals surface area contributed by atoms with Crippen LogP contribution in [0.15, 0.2) is 5.38 Å². The Morgan fingerprint density at radius 3 is 2.96 bits per heavy atom. The van der Waals surface area contributed by atoms with Crippen LogP contribution in [0.2, 0.25) is 0 Å². The molecule has 3 aliphatic rings. The highest BCUT2D eigenvalue weighted by molar-refractivity contribution is 7.13. The summed E-state index contributed by atoms with van der Waals surface area (Å²) in [6, 6.07) is 0. The topological polar surface area (TPSA) is 57.3 Å². The number of rotatable bonds is 5. The first kappa shape index (κ1) is 15.4. The van der Waals surface area contributed by atoms with Gasteiger partial charge in [-0.25, -0.2) is 4.98 Å². The van der Waals surface area contributed by atoms with Gasteiger partial charge in [-0.2, -0.15) is 0 Å². The Morgan fingerprint density at radius 2 is 2.17 bits per heavy atom. The third-order valence-corrected chi connectivity index (χ3v) is 6.65. The molecule has 1 atom stereocenters. The van der Waals surface area contributed by atoms with E-state index in [1.807, 2.05) is 0 Å². The average molecular weight is 334 g/mol. The van der Waals surface area contributed by atoms with Gasteiger partial charge in [0.1, 0.15) is 0 Å². The summed E-state index contributed by atoms with van der Waals surface area (Å²) < 4.78 is 0. The van der Waals surface area contributed by atoms with Gasteiger partial charge in [-0.05, 0) is 50.6 Å². The molecule has 3 fully saturated rings. The number of amides is 1. The fourth-order valence-electron chi connectivity index (χ4n) is 4.10. The van der Waals surface area contributed by atoms with E-state index in [1.165, 1.54) is 12.8 Å². The fourth-order valence-corrected chi connectivity index (χ4v) is 5.01. The van der Waals surface area contributed by atoms with Crippen LogP contribution in [-0.2, 0) is 11.2 Å². The second kappa shape index (κ2) is 6.40. The molecule has 2 aliphatic heterocycles. The van der Waals surface area contributed by atoms with E-state index in [9.17, 15) is 4.79 Å². The molecule has 0 radical (unpaired) electrons. The highest BCUT2D eigenvalue weighted by atomic mass is 32.1. The lowest BCUT2D eigenvalue weighted by Gasteiger charge is -2.23. The predicted molar refractivity (Wildman–Crippen MR) is 92.9 cm³/mol. The summed E-state index contributed by atoms with van der Waals surface area (Å²) in [6.07, 6.45) is 6.83. The van der Waals surface area contributed by atoms with Crippen molar-refractivity contribution in [3.05, 3.63) is 11.1 Å². The molecule has 1 aromatic rings. The van der Waals surface area contributed by atoms with Crippen LogP contribution in [0.5, 0.6) is 0 Å². The van der Waals surface area contributed by atoms with Gasteiger partial charge < -0.3 is 15.5 Å². The molecule has 1 spiro atoms. The Hall–Kier alpha value is -1.14. The van der Waals surface area contributed by atoms with Crippen molar-refractivity contribution in [1.29, 1.82) is 0 Å². The lowest BCUT2D eigenvalue weighted by Crippen LogP contribution is -2.34. The zero-order valence-electron chi connectivity index (χ0n) is 13.6. The largest absolute Gasteiger partial charge is 0.355 e. The maximum atomic E-state index is 12.3. The quantitative estimate of drug-likeness (QED) is 0.862. The Bertz CT molecular complexity index is 561. The van der Waals surface area contributed by atoms with E-state index in [0.29, 0.717) is 12.0 Å². The predicted octanol–water partition coefficient (Wildman–Crippen LogP) is 1.79. The third kappa shape index (κ3) is 3.24. The molecule has 0 bridgehead atoms. The number of nitrogens with one attached hydrogen (secondary N) is 2. The molecule has 1 amide bonds. The summed E-state index contributed by atoms with van der Waals surface area (Å²) in [5.41, 5.74) is 1.45. The zero-order chi connectivity index (χ0) is 15.7. The molecule has 1 unspecified atom stereocenters. The van der Waals surface area contributed by atoms with Crippen molar-refractivity contribution in [2.45, 2.75) is 38.5 Å². The van der Waals surface area contributed by atoms with Gasteiger partial charge in [-0.3, -0.25) is 4.79 Å². The second-order valence-corrected chi connectivity index (χ2v) is 8.06. The first-order valence-corrected chi connectivity index (χ1v) is 9.83. The first-order chi connectivity index (χ1) is 11.3. The first-order valence-electron chi connectivity index (χ1n) is 8.95. The molecule has 2 N–H and O–H groups in total. The van der Waals surface area contributed by atoms with E-state index in [1.54, 1.807) is 11.3 Å². The summed E-state index contributed by atoms with van der Waals surface area (Å²) in [5.74, 6) is 0.530. The number of carbonyl (C=O) groups excluding carboxylic acids is 1. The van der Waals surface area contributed by atoms with E-state index in [2.05, 4.69) is 20.9 Å². The smallest absolute Gasteiger partial charge is 0.223 e. The number of thiazole rings is 1. The number of nitrogens with zero attached hydrogens (tertiary/aromatic N) is 2. The van der Waals surface area contributed by atoms with Crippen LogP contribution < -0.4 is 15.5 Å². The Kier molecular flexibility index (Phi) is 4.28. The lowest BCUT2D eigenvalue weighted by molar-refractivity contribution is -0.123. The van der Waals surface area contributed by atoms with Gasteiger partial charge in [0, 0.05) is 37.4 Å². The molecule has 1 aliphatic carbocycles. The molecule has 1 saturated carbocycles. The maximum absolute atomic E-state index is 12.3. The molecule has 5 nitrogen and oxygen atoms in total. The fraction of sp³-hybridized carbons (Fsp3) is 0.765. The summed E-state index contributed by atoms with van der Waals surface area (Å²) in [7, 11) is 0. The van der Waals surface area contributed by atoms with Crippen LogP contribution in [0.1, 0.15) is 37.8 Å². The molecule has 3 heterocycles. The number of hydrogen-bond donors (Lipinski definition) is 2. The molecule has 23 heavy (non-hydrogen) atoms. The number of aromatic nitrogens is 1. The van der Waals surface area contributed by atoms with E-state index in [-0.39, 0.29) is 11.8 Å². The van der Waals surface area contributed by atoms with Crippen molar-refractivity contribution in [3.8, 4) is 0 Å². The standard InChI is InChI=1S/C17H26N4OS/c22-15(14-11-17(14)4-7-18-8-5-17)19-6-3-13-12-23-16(20-13)21-9-1-2-10-21/h12,14,18H,1-11H2,(H,19,22). The monoisotopic (exact) mass is 334 g/mol. The summed E-state index contributed by atoms with van der Waals surface area (Å²) in [4.78, 5) is 19.4. The Labute approximate surface area is 141 Å². The van der Waals surface area contributed by atoms with E-state index >= 15 is 0 Å². The Balaban J connectivity index is 1.22. The number of hydrogen-bond acceptors (Lipinski definition) is 5. The van der Waals surface area contributed by atoms with Crippen LogP contribution in [-0.4, -0.2) is 43.6 Å². The number of anilines is 1. The van der Waals surface area contributed by atoms with Gasteiger partial charge >= 0.3 is 0 Å². The average Bonchev–Trinajstić information content (AvgIpc) is 3.00. The van der Waals surface area contributed by atoms with Crippen molar-refractivity contribution >= 4 is 22.4 Å². The minimum atomic E-state index is 0.264. The minimum absolute atomic E-state index is 0.264.